The smallest absolute Gasteiger partial charge is 0.253 e. The van der Waals surface area contributed by atoms with Crippen LogP contribution in [0.15, 0.2) is 35.4 Å². The number of hydrogen-bond donors (Lipinski definition) is 10. The summed E-state index contributed by atoms with van der Waals surface area (Å²) in [6.07, 6.45) is -0.586. The Morgan fingerprint density at radius 3 is 2.19 bits per heavy atom. The molecule has 1 aromatic heterocycles. The van der Waals surface area contributed by atoms with Gasteiger partial charge in [-0.2, -0.15) is 0 Å². The number of fused-ring (bicyclic) bond motifs is 5. The number of unbranched alkanes of at least 4 members (excludes halogenated alkanes) is 3. The molecule has 2 aromatic rings. The van der Waals surface area contributed by atoms with E-state index in [-0.39, 0.29) is 42.0 Å². The number of nitrogens with one attached hydrogen (secondary N) is 6. The molecule has 1 aromatic carbocycles. The van der Waals surface area contributed by atoms with Gasteiger partial charge in [0.1, 0.15) is 22.9 Å². The van der Waals surface area contributed by atoms with E-state index < -0.39 is 181 Å². The van der Waals surface area contributed by atoms with Crippen molar-refractivity contribution in [2.24, 2.45) is 29.4 Å². The molecular formula is C51H69N9O16S. The van der Waals surface area contributed by atoms with Crippen LogP contribution in [-0.4, -0.2) is 181 Å². The fraction of sp³-hybridized carbons (Fsp3) is 0.588. The highest BCUT2D eigenvalue weighted by Gasteiger charge is 2.45. The molecule has 4 aliphatic heterocycles. The Kier molecular flexibility index (Phi) is 20.8. The Morgan fingerprint density at radius 1 is 0.844 bits per heavy atom. The maximum atomic E-state index is 15.0. The highest BCUT2D eigenvalue weighted by molar-refractivity contribution is 7.85. The minimum Gasteiger partial charge on any atom is -0.494 e. The van der Waals surface area contributed by atoms with E-state index in [4.69, 9.17) is 10.5 Å². The minimum absolute atomic E-state index is 0.0723. The molecule has 420 valence electrons. The van der Waals surface area contributed by atoms with Crippen molar-refractivity contribution in [2.45, 2.75) is 126 Å². The molecule has 1 fully saturated rings. The number of nitrogens with two attached hydrogens (primary N) is 1. The van der Waals surface area contributed by atoms with E-state index in [1.807, 2.05) is 0 Å². The molecule has 25 nitrogen and oxygen atoms in total. The number of amides is 9. The van der Waals surface area contributed by atoms with E-state index in [0.717, 1.165) is 4.90 Å². The van der Waals surface area contributed by atoms with Gasteiger partial charge in [0.25, 0.3) is 11.8 Å². The first-order valence-corrected chi connectivity index (χ1v) is 27.2. The van der Waals surface area contributed by atoms with Crippen molar-refractivity contribution in [2.75, 3.05) is 45.1 Å². The first-order valence-electron chi connectivity index (χ1n) is 25.8. The zero-order valence-corrected chi connectivity index (χ0v) is 44.0. The number of benzene rings is 1. The first-order chi connectivity index (χ1) is 36.6. The number of rotatable bonds is 15. The van der Waals surface area contributed by atoms with Crippen molar-refractivity contribution in [1.29, 1.82) is 0 Å². The van der Waals surface area contributed by atoms with Crippen molar-refractivity contribution >= 4 is 86.4 Å². The van der Waals surface area contributed by atoms with Gasteiger partial charge in [-0.05, 0) is 42.9 Å². The molecule has 26 heteroatoms. The van der Waals surface area contributed by atoms with Crippen LogP contribution in [0.3, 0.4) is 0 Å². The third-order valence-electron chi connectivity index (χ3n) is 14.6. The lowest BCUT2D eigenvalue weighted by atomic mass is 9.85. The maximum Gasteiger partial charge on any atom is 0.253 e. The summed E-state index contributed by atoms with van der Waals surface area (Å²) in [6, 6.07) is -1.30. The summed E-state index contributed by atoms with van der Waals surface area (Å²) in [4.78, 5) is 155. The van der Waals surface area contributed by atoms with E-state index in [2.05, 4.69) is 31.6 Å². The number of aromatic nitrogens is 1. The molecule has 5 heterocycles. The fourth-order valence-electron chi connectivity index (χ4n) is 9.91. The van der Waals surface area contributed by atoms with E-state index in [1.54, 1.807) is 32.0 Å². The normalized spacial score (nSPS) is 26.8. The Hall–Kier alpha value is -6.90. The van der Waals surface area contributed by atoms with Gasteiger partial charge >= 0.3 is 0 Å². The van der Waals surface area contributed by atoms with Crippen molar-refractivity contribution in [3.8, 4) is 5.75 Å². The summed E-state index contributed by atoms with van der Waals surface area (Å²) in [5.41, 5.74) is 6.10. The van der Waals surface area contributed by atoms with Gasteiger partial charge in [-0.1, -0.05) is 40.0 Å². The van der Waals surface area contributed by atoms with Gasteiger partial charge in [-0.25, -0.2) is 0 Å². The number of ketones is 2. The largest absolute Gasteiger partial charge is 0.494 e. The standard InChI is InChI=1S/C51H69N9O16S/c1-4-26(2)45-49(73)54-21-41(67)55-35-25-77(75)50-33(32-10-9-31(20-34(32)56-50)76-14-8-6-5-7-13-59-43(69)11-12-44(59)70)15-28(47(71)53-22-42(68)57-45)16-38(64)46(27(3)39(65)24-61)58-48(72)36-19-30(62)23-60(36)51(74)29(17-37(35)63)18-40(52)66/h9-12,20,26-30,35-36,39,45-46,56,61-62,65H,4-8,13-19,21-25H2,1-3H3,(H2,52,66)(H,53,71)(H,54,73)(H,55,67)(H,57,68)(H,58,72)/t26-,27-,28+,29-,30+,35-,36?,39-,45-,46-,77?/m0/s1. The molecule has 0 radical (unpaired) electrons. The highest BCUT2D eigenvalue weighted by Crippen LogP contribution is 2.33. The van der Waals surface area contributed by atoms with Crippen LogP contribution in [0, 0.1) is 23.7 Å². The predicted octanol–water partition coefficient (Wildman–Crippen LogP) is -2.58. The molecule has 6 rings (SSSR count). The molecule has 0 spiro atoms. The average molecular weight is 1100 g/mol. The van der Waals surface area contributed by atoms with Crippen molar-refractivity contribution in [3.05, 3.63) is 35.9 Å². The minimum atomic E-state index is -2.34. The SMILES string of the molecule is CC[C@H](C)[C@@H]1NC(=O)CNC(=O)[C@H]2CC(=O)[C@H]([C@@H](C)[C@@H](O)CO)NC(=O)C3C[C@@H](O)CN3C(=O)[C@H](CC(N)=O)CC(=O)[C@H](CS(=O)c3[nH]c4cc(OCCCCCCN5C(=O)C=CC5=O)ccc4c3C2)NC(=O)CNC1=O. The van der Waals surface area contributed by atoms with Crippen LogP contribution in [0.1, 0.15) is 84.1 Å². The van der Waals surface area contributed by atoms with E-state index in [9.17, 15) is 68.1 Å². The second kappa shape index (κ2) is 26.9. The number of primary amides is 1. The van der Waals surface area contributed by atoms with Crippen molar-refractivity contribution < 1.29 is 77.0 Å². The van der Waals surface area contributed by atoms with Gasteiger partial charge in [-0.15, -0.1) is 0 Å². The third kappa shape index (κ3) is 15.2. The average Bonchev–Trinajstić information content (AvgIpc) is 4.08. The Bertz CT molecular complexity index is 2660. The third-order valence-corrected chi connectivity index (χ3v) is 16.0. The Balaban J connectivity index is 1.44. The van der Waals surface area contributed by atoms with Crippen molar-refractivity contribution in [1.82, 2.24) is 41.4 Å². The monoisotopic (exact) mass is 1100 g/mol. The summed E-state index contributed by atoms with van der Waals surface area (Å²) < 4.78 is 21.1. The van der Waals surface area contributed by atoms with Crippen LogP contribution in [0.25, 0.3) is 10.9 Å². The van der Waals surface area contributed by atoms with Crippen LogP contribution in [-0.2, 0) is 70.0 Å². The highest BCUT2D eigenvalue weighted by atomic mass is 32.2. The number of H-pyrrole nitrogens is 1. The van der Waals surface area contributed by atoms with Gasteiger partial charge in [0.05, 0.1) is 78.6 Å². The molecule has 9 amide bonds. The second-order valence-electron chi connectivity index (χ2n) is 20.2. The molecule has 11 atom stereocenters. The van der Waals surface area contributed by atoms with Gasteiger partial charge < -0.3 is 62.3 Å². The van der Waals surface area contributed by atoms with Crippen LogP contribution in [0.4, 0.5) is 0 Å². The summed E-state index contributed by atoms with van der Waals surface area (Å²) >= 11 is 0. The van der Waals surface area contributed by atoms with E-state index in [0.29, 0.717) is 48.8 Å². The fourth-order valence-corrected chi connectivity index (χ4v) is 11.3. The van der Waals surface area contributed by atoms with Crippen molar-refractivity contribution in [3.63, 3.8) is 0 Å². The summed E-state index contributed by atoms with van der Waals surface area (Å²) in [6.45, 7) is 2.52. The second-order valence-corrected chi connectivity index (χ2v) is 21.6. The predicted molar refractivity (Wildman–Crippen MR) is 273 cm³/mol. The quantitative estimate of drug-likeness (QED) is 0.0647. The zero-order valence-electron chi connectivity index (χ0n) is 43.2. The lowest BCUT2D eigenvalue weighted by Gasteiger charge is -2.32. The topological polar surface area (TPSA) is 383 Å². The zero-order chi connectivity index (χ0) is 56.2. The number of carbonyl (C=O) groups is 11. The number of aliphatic hydroxyl groups excluding tert-OH is 3. The molecule has 11 N–H and O–H groups in total. The molecular weight excluding hydrogens is 1030 g/mol. The molecule has 2 bridgehead atoms. The Morgan fingerprint density at radius 2 is 1.52 bits per heavy atom. The molecule has 2 unspecified atom stereocenters. The molecule has 0 saturated carbocycles. The van der Waals surface area contributed by atoms with Crippen LogP contribution in [0.5, 0.6) is 5.75 Å². The number of aromatic amines is 1. The van der Waals surface area contributed by atoms with Gasteiger partial charge in [0.2, 0.25) is 41.4 Å². The molecule has 4 aliphatic rings. The number of aliphatic hydroxyl groups is 3. The summed E-state index contributed by atoms with van der Waals surface area (Å²) in [5.74, 6) is -14.1. The number of Topliss-reactive ketones (excluding diaryl/α,β-unsaturated/α-hetero) is 2. The Labute approximate surface area is 446 Å². The first kappa shape index (κ1) is 59.3. The molecule has 77 heavy (non-hydrogen) atoms. The summed E-state index contributed by atoms with van der Waals surface area (Å²) in [7, 11) is -2.34. The maximum absolute atomic E-state index is 15.0. The molecule has 1 saturated heterocycles. The summed E-state index contributed by atoms with van der Waals surface area (Å²) in [5, 5.41) is 44.7. The van der Waals surface area contributed by atoms with E-state index in [1.165, 1.54) is 24.0 Å². The number of carbonyl (C=O) groups excluding carboxylic acids is 11. The van der Waals surface area contributed by atoms with Crippen LogP contribution >= 0.6 is 0 Å². The number of nitrogens with zero attached hydrogens (tertiary/aromatic N) is 2. The van der Waals surface area contributed by atoms with E-state index >= 15 is 4.21 Å². The van der Waals surface area contributed by atoms with Crippen LogP contribution < -0.4 is 37.1 Å². The number of hydrogen-bond acceptors (Lipinski definition) is 16. The lowest BCUT2D eigenvalue weighted by Crippen LogP contribution is -2.56. The van der Waals surface area contributed by atoms with Gasteiger partial charge in [-0.3, -0.25) is 61.8 Å². The van der Waals surface area contributed by atoms with Gasteiger partial charge in [0, 0.05) is 74.2 Å². The number of ether oxygens (including phenoxy) is 1. The molecule has 0 aliphatic carbocycles. The lowest BCUT2D eigenvalue weighted by molar-refractivity contribution is -0.145. The number of imide groups is 1. The van der Waals surface area contributed by atoms with Gasteiger partial charge in [0.15, 0.2) is 11.6 Å². The van der Waals surface area contributed by atoms with Crippen LogP contribution in [0.2, 0.25) is 0 Å².